The summed E-state index contributed by atoms with van der Waals surface area (Å²) in [5.41, 5.74) is 4.28. The van der Waals surface area contributed by atoms with Gasteiger partial charge in [-0.05, 0) is 24.6 Å². The molecule has 0 aliphatic carbocycles. The number of hydrogen-bond acceptors (Lipinski definition) is 5. The van der Waals surface area contributed by atoms with Crippen LogP contribution in [0.25, 0.3) is 0 Å². The first kappa shape index (κ1) is 19.0. The van der Waals surface area contributed by atoms with E-state index in [2.05, 4.69) is 10.3 Å². The Kier molecular flexibility index (Phi) is 7.44. The molecule has 0 heterocycles. The number of benzene rings is 2. The average molecular weight is 361 g/mol. The zero-order chi connectivity index (χ0) is 18.1. The van der Waals surface area contributed by atoms with E-state index >= 15 is 0 Å². The Morgan fingerprint density at radius 2 is 1.72 bits per heavy atom. The van der Waals surface area contributed by atoms with Crippen molar-refractivity contribution in [1.29, 1.82) is 0 Å². The minimum Gasteiger partial charge on any atom is -0.399 e. The van der Waals surface area contributed by atoms with E-state index < -0.39 is 0 Å². The van der Waals surface area contributed by atoms with Gasteiger partial charge in [0.05, 0.1) is 12.3 Å². The van der Waals surface area contributed by atoms with Gasteiger partial charge in [0, 0.05) is 23.3 Å². The number of nitrogens with zero attached hydrogens (tertiary/aromatic N) is 2. The molecule has 0 N–H and O–H groups in total. The van der Waals surface area contributed by atoms with Crippen LogP contribution >= 0.6 is 11.6 Å². The molecular weight excluding hydrogens is 340 g/mol. The summed E-state index contributed by atoms with van der Waals surface area (Å²) < 4.78 is 5.19. The fourth-order valence-electron chi connectivity index (χ4n) is 2.27. The largest absolute Gasteiger partial charge is 0.399 e. The molecule has 0 saturated carbocycles. The van der Waals surface area contributed by atoms with Crippen molar-refractivity contribution in [3.05, 3.63) is 70.2 Å². The molecule has 0 radical (unpaired) electrons. The van der Waals surface area contributed by atoms with Gasteiger partial charge in [-0.3, -0.25) is 0 Å². The van der Waals surface area contributed by atoms with Crippen LogP contribution in [0.5, 0.6) is 0 Å². The van der Waals surface area contributed by atoms with E-state index in [0.29, 0.717) is 23.9 Å². The summed E-state index contributed by atoms with van der Waals surface area (Å²) in [6.45, 7) is 2.54. The van der Waals surface area contributed by atoms with Crippen molar-refractivity contribution >= 4 is 23.0 Å². The molecule has 0 aliphatic rings. The van der Waals surface area contributed by atoms with Gasteiger partial charge in [0.2, 0.25) is 0 Å². The summed E-state index contributed by atoms with van der Waals surface area (Å²) in [5.74, 6) is 0. The van der Waals surface area contributed by atoms with Crippen LogP contribution in [-0.4, -0.2) is 32.2 Å². The first-order valence-electron chi connectivity index (χ1n) is 7.75. The van der Waals surface area contributed by atoms with Crippen molar-refractivity contribution in [1.82, 2.24) is 0 Å². The second-order valence-electron chi connectivity index (χ2n) is 5.27. The van der Waals surface area contributed by atoms with E-state index in [1.165, 1.54) is 7.11 Å². The van der Waals surface area contributed by atoms with Crippen molar-refractivity contribution in [2.24, 2.45) is 10.3 Å². The van der Waals surface area contributed by atoms with Gasteiger partial charge in [-0.1, -0.05) is 58.3 Å². The molecular formula is C19H21ClN2O3. The van der Waals surface area contributed by atoms with E-state index in [4.69, 9.17) is 26.0 Å². The number of ether oxygens (including phenoxy) is 1. The van der Waals surface area contributed by atoms with Gasteiger partial charge >= 0.3 is 0 Å². The summed E-state index contributed by atoms with van der Waals surface area (Å²) in [6.07, 6.45) is 0. The number of halogens is 1. The lowest BCUT2D eigenvalue weighted by molar-refractivity contribution is 0.130. The van der Waals surface area contributed by atoms with Crippen molar-refractivity contribution in [3.63, 3.8) is 0 Å². The monoisotopic (exact) mass is 360 g/mol. The molecule has 0 saturated heterocycles. The molecule has 25 heavy (non-hydrogen) atoms. The predicted molar refractivity (Wildman–Crippen MR) is 100 cm³/mol. The average Bonchev–Trinajstić information content (AvgIpc) is 2.62. The second kappa shape index (κ2) is 9.81. The maximum atomic E-state index is 5.90. The normalized spacial score (nSPS) is 12.2. The molecule has 5 nitrogen and oxygen atoms in total. The molecule has 0 amide bonds. The predicted octanol–water partition coefficient (Wildman–Crippen LogP) is 4.28. The fourth-order valence-corrected chi connectivity index (χ4v) is 2.40. The molecule has 0 bridgehead atoms. The van der Waals surface area contributed by atoms with Crippen LogP contribution in [0.2, 0.25) is 5.02 Å². The summed E-state index contributed by atoms with van der Waals surface area (Å²) in [7, 11) is 3.12. The molecule has 0 fully saturated rings. The van der Waals surface area contributed by atoms with E-state index in [9.17, 15) is 0 Å². The molecule has 132 valence electrons. The first-order chi connectivity index (χ1) is 12.2. The third kappa shape index (κ3) is 5.59. The van der Waals surface area contributed by atoms with Gasteiger partial charge in [0.1, 0.15) is 19.4 Å². The van der Waals surface area contributed by atoms with Crippen LogP contribution in [-0.2, 0) is 21.0 Å². The van der Waals surface area contributed by atoms with E-state index in [-0.39, 0.29) is 0 Å². The lowest BCUT2D eigenvalue weighted by atomic mass is 10.0. The van der Waals surface area contributed by atoms with Gasteiger partial charge in [-0.2, -0.15) is 0 Å². The lowest BCUT2D eigenvalue weighted by Crippen LogP contribution is -2.12. The fraction of sp³-hybridized carbons (Fsp3) is 0.263. The molecule has 0 unspecified atom stereocenters. The molecule has 2 rings (SSSR count). The zero-order valence-electron chi connectivity index (χ0n) is 14.5. The van der Waals surface area contributed by atoms with E-state index in [1.807, 2.05) is 55.5 Å². The van der Waals surface area contributed by atoms with Gasteiger partial charge in [-0.15, -0.1) is 0 Å². The molecule has 2 aromatic carbocycles. The van der Waals surface area contributed by atoms with Crippen molar-refractivity contribution in [3.8, 4) is 0 Å². The minimum absolute atomic E-state index is 0.313. The first-order valence-corrected chi connectivity index (χ1v) is 8.13. The van der Waals surface area contributed by atoms with Crippen LogP contribution in [0.3, 0.4) is 0 Å². The number of rotatable bonds is 8. The molecule has 6 heteroatoms. The maximum absolute atomic E-state index is 5.90. The Morgan fingerprint density at radius 3 is 2.40 bits per heavy atom. The number of hydrogen-bond donors (Lipinski definition) is 0. The highest BCUT2D eigenvalue weighted by molar-refractivity contribution is 6.30. The van der Waals surface area contributed by atoms with Crippen LogP contribution in [0, 0.1) is 0 Å². The highest BCUT2D eigenvalue weighted by Gasteiger charge is 2.10. The van der Waals surface area contributed by atoms with E-state index in [0.717, 1.165) is 22.4 Å². The summed E-state index contributed by atoms with van der Waals surface area (Å²) in [6, 6.07) is 15.2. The molecule has 0 spiro atoms. The van der Waals surface area contributed by atoms with Crippen LogP contribution in [0.1, 0.15) is 23.6 Å². The molecule has 0 aliphatic heterocycles. The minimum atomic E-state index is 0.313. The van der Waals surface area contributed by atoms with Gasteiger partial charge in [-0.25, -0.2) is 0 Å². The highest BCUT2D eigenvalue weighted by Crippen LogP contribution is 2.14. The maximum Gasteiger partial charge on any atom is 0.142 e. The SMILES string of the molecule is COCC(=NOC)c1ccccc1CON=C(C)c1ccc(Cl)cc1. The van der Waals surface area contributed by atoms with E-state index in [1.54, 1.807) is 7.11 Å². The summed E-state index contributed by atoms with van der Waals surface area (Å²) in [4.78, 5) is 10.4. The Bertz CT molecular complexity index is 743. The van der Waals surface area contributed by atoms with Crippen LogP contribution in [0.4, 0.5) is 0 Å². The van der Waals surface area contributed by atoms with Gasteiger partial charge in [0.25, 0.3) is 0 Å². The number of methoxy groups -OCH3 is 1. The van der Waals surface area contributed by atoms with Crippen molar-refractivity contribution in [2.75, 3.05) is 20.8 Å². The summed E-state index contributed by atoms with van der Waals surface area (Å²) in [5, 5.41) is 8.90. The second-order valence-corrected chi connectivity index (χ2v) is 5.70. The van der Waals surface area contributed by atoms with Gasteiger partial charge < -0.3 is 14.4 Å². The van der Waals surface area contributed by atoms with Crippen LogP contribution < -0.4 is 0 Å². The third-order valence-electron chi connectivity index (χ3n) is 3.49. The topological polar surface area (TPSA) is 52.4 Å². The Balaban J connectivity index is 2.11. The Labute approximate surface area is 152 Å². The van der Waals surface area contributed by atoms with Crippen molar-refractivity contribution < 1.29 is 14.4 Å². The van der Waals surface area contributed by atoms with Crippen LogP contribution in [0.15, 0.2) is 58.8 Å². The summed E-state index contributed by atoms with van der Waals surface area (Å²) >= 11 is 5.90. The molecule has 0 atom stereocenters. The molecule has 2 aromatic rings. The Hall–Kier alpha value is -2.37. The Morgan fingerprint density at radius 1 is 1.00 bits per heavy atom. The quantitative estimate of drug-likeness (QED) is 0.521. The smallest absolute Gasteiger partial charge is 0.142 e. The molecule has 0 aromatic heterocycles. The zero-order valence-corrected chi connectivity index (χ0v) is 15.3. The highest BCUT2D eigenvalue weighted by atomic mass is 35.5. The lowest BCUT2D eigenvalue weighted by Gasteiger charge is -2.10. The standard InChI is InChI=1S/C19H21ClN2O3/c1-14(15-8-10-17(20)11-9-15)21-25-12-16-6-4-5-7-18(16)19(13-23-2)22-24-3/h4-11H,12-13H2,1-3H3. The van der Waals surface area contributed by atoms with Crippen molar-refractivity contribution in [2.45, 2.75) is 13.5 Å². The third-order valence-corrected chi connectivity index (χ3v) is 3.75. The van der Waals surface area contributed by atoms with Gasteiger partial charge in [0.15, 0.2) is 0 Å². The number of oxime groups is 2.